The summed E-state index contributed by atoms with van der Waals surface area (Å²) in [7, 11) is 4.34. The largest absolute Gasteiger partial charge is 0.322 e. The standard InChI is InChI=1S/C11H19N3S/c1-13-5-6-14(2)9(8-13)11(12)10-4-3-7-15-10/h3-4,7,9,11H,5-6,8,12H2,1-2H3. The van der Waals surface area contributed by atoms with Crippen LogP contribution in [-0.4, -0.2) is 49.6 Å². The third-order valence-corrected chi connectivity index (χ3v) is 4.16. The zero-order chi connectivity index (χ0) is 10.8. The molecule has 2 unspecified atom stereocenters. The normalized spacial score (nSPS) is 26.7. The number of likely N-dealkylation sites (N-methyl/N-ethyl adjacent to an activating group) is 2. The zero-order valence-corrected chi connectivity index (χ0v) is 10.2. The number of rotatable bonds is 2. The van der Waals surface area contributed by atoms with E-state index in [9.17, 15) is 0 Å². The van der Waals surface area contributed by atoms with Crippen molar-refractivity contribution in [2.24, 2.45) is 5.73 Å². The van der Waals surface area contributed by atoms with E-state index < -0.39 is 0 Å². The zero-order valence-electron chi connectivity index (χ0n) is 9.39. The number of thiophene rings is 1. The first-order valence-corrected chi connectivity index (χ1v) is 6.24. The number of hydrogen-bond donors (Lipinski definition) is 1. The molecule has 1 saturated heterocycles. The maximum absolute atomic E-state index is 6.31. The Balaban J connectivity index is 2.08. The van der Waals surface area contributed by atoms with Gasteiger partial charge in [0.15, 0.2) is 0 Å². The van der Waals surface area contributed by atoms with Crippen molar-refractivity contribution in [2.75, 3.05) is 33.7 Å². The van der Waals surface area contributed by atoms with E-state index in [1.807, 2.05) is 0 Å². The summed E-state index contributed by atoms with van der Waals surface area (Å²) in [6.07, 6.45) is 0. The Bertz CT molecular complexity index is 299. The fourth-order valence-electron chi connectivity index (χ4n) is 2.10. The molecule has 0 aromatic carbocycles. The molecule has 1 aliphatic rings. The van der Waals surface area contributed by atoms with E-state index in [2.05, 4.69) is 41.4 Å². The van der Waals surface area contributed by atoms with E-state index in [0.717, 1.165) is 19.6 Å². The summed E-state index contributed by atoms with van der Waals surface area (Å²) in [5.41, 5.74) is 6.31. The van der Waals surface area contributed by atoms with Crippen molar-refractivity contribution < 1.29 is 0 Å². The lowest BCUT2D eigenvalue weighted by Gasteiger charge is -2.40. The van der Waals surface area contributed by atoms with E-state index in [4.69, 9.17) is 5.73 Å². The quantitative estimate of drug-likeness (QED) is 0.815. The highest BCUT2D eigenvalue weighted by Crippen LogP contribution is 2.24. The van der Waals surface area contributed by atoms with Crippen LogP contribution in [-0.2, 0) is 0 Å². The summed E-state index contributed by atoms with van der Waals surface area (Å²) in [5, 5.41) is 2.10. The second-order valence-corrected chi connectivity index (χ2v) is 5.33. The summed E-state index contributed by atoms with van der Waals surface area (Å²) in [6, 6.07) is 4.81. The van der Waals surface area contributed by atoms with Gasteiger partial charge in [0.2, 0.25) is 0 Å². The van der Waals surface area contributed by atoms with E-state index in [1.165, 1.54) is 4.88 Å². The van der Waals surface area contributed by atoms with Crippen LogP contribution in [0.25, 0.3) is 0 Å². The minimum atomic E-state index is 0.151. The lowest BCUT2D eigenvalue weighted by Crippen LogP contribution is -2.54. The van der Waals surface area contributed by atoms with Crippen LogP contribution in [0.3, 0.4) is 0 Å². The number of hydrogen-bond acceptors (Lipinski definition) is 4. The highest BCUT2D eigenvalue weighted by atomic mass is 32.1. The molecule has 0 amide bonds. The average molecular weight is 225 g/mol. The smallest absolute Gasteiger partial charge is 0.0560 e. The maximum Gasteiger partial charge on any atom is 0.0560 e. The first kappa shape index (κ1) is 11.1. The Morgan fingerprint density at radius 1 is 1.47 bits per heavy atom. The topological polar surface area (TPSA) is 32.5 Å². The van der Waals surface area contributed by atoms with Crippen molar-refractivity contribution in [3.05, 3.63) is 22.4 Å². The molecule has 15 heavy (non-hydrogen) atoms. The number of nitrogens with two attached hydrogens (primary N) is 1. The van der Waals surface area contributed by atoms with Crippen molar-refractivity contribution in [1.29, 1.82) is 0 Å². The van der Waals surface area contributed by atoms with Gasteiger partial charge in [0.1, 0.15) is 0 Å². The van der Waals surface area contributed by atoms with Crippen LogP contribution in [0.2, 0.25) is 0 Å². The van der Waals surface area contributed by atoms with Gasteiger partial charge in [0.25, 0.3) is 0 Å². The highest BCUT2D eigenvalue weighted by Gasteiger charge is 2.28. The molecule has 0 aliphatic carbocycles. The minimum Gasteiger partial charge on any atom is -0.322 e. The van der Waals surface area contributed by atoms with Gasteiger partial charge in [0, 0.05) is 30.6 Å². The van der Waals surface area contributed by atoms with Gasteiger partial charge in [-0.15, -0.1) is 11.3 Å². The fourth-order valence-corrected chi connectivity index (χ4v) is 2.89. The fraction of sp³-hybridized carbons (Fsp3) is 0.636. The average Bonchev–Trinajstić information content (AvgIpc) is 2.74. The van der Waals surface area contributed by atoms with Crippen LogP contribution in [0.15, 0.2) is 17.5 Å². The van der Waals surface area contributed by atoms with Gasteiger partial charge in [-0.3, -0.25) is 4.90 Å². The van der Waals surface area contributed by atoms with Crippen LogP contribution in [0.1, 0.15) is 10.9 Å². The summed E-state index contributed by atoms with van der Waals surface area (Å²) in [6.45, 7) is 3.32. The molecule has 3 nitrogen and oxygen atoms in total. The molecular weight excluding hydrogens is 206 g/mol. The predicted molar refractivity (Wildman–Crippen MR) is 65.2 cm³/mol. The maximum atomic E-state index is 6.31. The first-order chi connectivity index (χ1) is 7.18. The molecular formula is C11H19N3S. The second-order valence-electron chi connectivity index (χ2n) is 4.35. The van der Waals surface area contributed by atoms with Crippen molar-refractivity contribution in [3.63, 3.8) is 0 Å². The summed E-state index contributed by atoms with van der Waals surface area (Å²) in [4.78, 5) is 6.03. The van der Waals surface area contributed by atoms with Gasteiger partial charge in [-0.2, -0.15) is 0 Å². The second kappa shape index (κ2) is 4.61. The molecule has 0 radical (unpaired) electrons. The molecule has 0 bridgehead atoms. The Morgan fingerprint density at radius 2 is 2.27 bits per heavy atom. The van der Waals surface area contributed by atoms with Gasteiger partial charge < -0.3 is 10.6 Å². The van der Waals surface area contributed by atoms with Crippen molar-refractivity contribution in [2.45, 2.75) is 12.1 Å². The summed E-state index contributed by atoms with van der Waals surface area (Å²) < 4.78 is 0. The molecule has 0 spiro atoms. The Hall–Kier alpha value is -0.420. The number of nitrogens with zero attached hydrogens (tertiary/aromatic N) is 2. The third-order valence-electron chi connectivity index (χ3n) is 3.19. The molecule has 2 rings (SSSR count). The van der Waals surface area contributed by atoms with Crippen molar-refractivity contribution >= 4 is 11.3 Å². The van der Waals surface area contributed by atoms with Crippen LogP contribution in [0.5, 0.6) is 0 Å². The van der Waals surface area contributed by atoms with E-state index >= 15 is 0 Å². The van der Waals surface area contributed by atoms with Gasteiger partial charge in [0.05, 0.1) is 6.04 Å². The molecule has 2 heterocycles. The monoisotopic (exact) mass is 225 g/mol. The lowest BCUT2D eigenvalue weighted by molar-refractivity contribution is 0.0981. The third kappa shape index (κ3) is 2.39. The summed E-state index contributed by atoms with van der Waals surface area (Å²) >= 11 is 1.76. The van der Waals surface area contributed by atoms with Crippen LogP contribution in [0.4, 0.5) is 0 Å². The van der Waals surface area contributed by atoms with Gasteiger partial charge >= 0.3 is 0 Å². The van der Waals surface area contributed by atoms with Gasteiger partial charge in [-0.1, -0.05) is 6.07 Å². The Morgan fingerprint density at radius 3 is 2.93 bits per heavy atom. The molecule has 2 atom stereocenters. The molecule has 2 N–H and O–H groups in total. The SMILES string of the molecule is CN1CCN(C)C(C(N)c2cccs2)C1. The molecule has 84 valence electrons. The summed E-state index contributed by atoms with van der Waals surface area (Å²) in [5.74, 6) is 0. The molecule has 1 fully saturated rings. The van der Waals surface area contributed by atoms with Gasteiger partial charge in [-0.05, 0) is 25.5 Å². The Kier molecular flexibility index (Phi) is 3.41. The van der Waals surface area contributed by atoms with E-state index in [-0.39, 0.29) is 6.04 Å². The van der Waals surface area contributed by atoms with Crippen molar-refractivity contribution in [1.82, 2.24) is 9.80 Å². The van der Waals surface area contributed by atoms with Crippen LogP contribution < -0.4 is 5.73 Å². The molecule has 1 aromatic rings. The lowest BCUT2D eigenvalue weighted by atomic mass is 10.0. The molecule has 4 heteroatoms. The van der Waals surface area contributed by atoms with Gasteiger partial charge in [-0.25, -0.2) is 0 Å². The van der Waals surface area contributed by atoms with E-state index in [1.54, 1.807) is 11.3 Å². The first-order valence-electron chi connectivity index (χ1n) is 5.36. The highest BCUT2D eigenvalue weighted by molar-refractivity contribution is 7.10. The van der Waals surface area contributed by atoms with Crippen LogP contribution in [0, 0.1) is 0 Å². The Labute approximate surface area is 95.5 Å². The molecule has 1 aromatic heterocycles. The molecule has 0 saturated carbocycles. The predicted octanol–water partition coefficient (Wildman–Crippen LogP) is 0.994. The van der Waals surface area contributed by atoms with Crippen LogP contribution >= 0.6 is 11.3 Å². The van der Waals surface area contributed by atoms with Crippen molar-refractivity contribution in [3.8, 4) is 0 Å². The molecule has 1 aliphatic heterocycles. The minimum absolute atomic E-state index is 0.151. The number of piperazine rings is 1. The van der Waals surface area contributed by atoms with E-state index in [0.29, 0.717) is 6.04 Å².